The number of nitrogens with zero attached hydrogens (tertiary/aromatic N) is 1. The van der Waals surface area contributed by atoms with Gasteiger partial charge in [-0.2, -0.15) is 0 Å². The molecule has 3 heteroatoms. The average Bonchev–Trinajstić information content (AvgIpc) is 2.33. The molecule has 0 spiro atoms. The lowest BCUT2D eigenvalue weighted by molar-refractivity contribution is -0.140. The van der Waals surface area contributed by atoms with Gasteiger partial charge in [-0.15, -0.1) is 0 Å². The Hall–Kier alpha value is -1.35. The fourth-order valence-electron chi connectivity index (χ4n) is 1.94. The second kappa shape index (κ2) is 7.17. The summed E-state index contributed by atoms with van der Waals surface area (Å²) in [6.45, 7) is 6.08. The third-order valence-corrected chi connectivity index (χ3v) is 3.09. The van der Waals surface area contributed by atoms with E-state index in [-0.39, 0.29) is 5.97 Å². The van der Waals surface area contributed by atoms with Crippen molar-refractivity contribution in [3.05, 3.63) is 34.9 Å². The molecule has 0 amide bonds. The second-order valence-corrected chi connectivity index (χ2v) is 4.85. The molecule has 0 heterocycles. The zero-order valence-electron chi connectivity index (χ0n) is 11.8. The Bertz CT molecular complexity index is 401. The Labute approximate surface area is 110 Å². The molecular formula is C15H23NO2. The van der Waals surface area contributed by atoms with Crippen molar-refractivity contribution in [3.8, 4) is 0 Å². The van der Waals surface area contributed by atoms with E-state index < -0.39 is 0 Å². The van der Waals surface area contributed by atoms with Gasteiger partial charge < -0.3 is 9.64 Å². The molecule has 1 aromatic carbocycles. The van der Waals surface area contributed by atoms with Crippen LogP contribution in [0.15, 0.2) is 18.2 Å². The molecule has 0 aromatic heterocycles. The number of rotatable bonds is 6. The SMILES string of the molecule is COC(=O)CCCN(C)Cc1cc(C)ccc1C. The van der Waals surface area contributed by atoms with Crippen LogP contribution in [0.3, 0.4) is 0 Å². The molecule has 0 aliphatic rings. The molecule has 0 saturated heterocycles. The minimum Gasteiger partial charge on any atom is -0.469 e. The van der Waals surface area contributed by atoms with Crippen LogP contribution >= 0.6 is 0 Å². The normalized spacial score (nSPS) is 10.7. The average molecular weight is 249 g/mol. The molecule has 3 nitrogen and oxygen atoms in total. The maximum atomic E-state index is 11.0. The van der Waals surface area contributed by atoms with Crippen molar-refractivity contribution in [2.75, 3.05) is 20.7 Å². The van der Waals surface area contributed by atoms with Crippen LogP contribution in [0, 0.1) is 13.8 Å². The molecule has 0 bridgehead atoms. The highest BCUT2D eigenvalue weighted by atomic mass is 16.5. The molecule has 0 aliphatic carbocycles. The summed E-state index contributed by atoms with van der Waals surface area (Å²) < 4.78 is 4.63. The second-order valence-electron chi connectivity index (χ2n) is 4.85. The van der Waals surface area contributed by atoms with E-state index in [1.807, 2.05) is 0 Å². The van der Waals surface area contributed by atoms with E-state index >= 15 is 0 Å². The van der Waals surface area contributed by atoms with Gasteiger partial charge >= 0.3 is 5.97 Å². The Morgan fingerprint density at radius 1 is 1.33 bits per heavy atom. The zero-order chi connectivity index (χ0) is 13.5. The predicted octanol–water partition coefficient (Wildman–Crippen LogP) is 2.69. The monoisotopic (exact) mass is 249 g/mol. The number of aryl methyl sites for hydroxylation is 2. The van der Waals surface area contributed by atoms with Gasteiger partial charge in [0.15, 0.2) is 0 Å². The maximum Gasteiger partial charge on any atom is 0.305 e. The van der Waals surface area contributed by atoms with Gasteiger partial charge in [-0.3, -0.25) is 4.79 Å². The lowest BCUT2D eigenvalue weighted by Crippen LogP contribution is -2.20. The number of carbonyl (C=O) groups excluding carboxylic acids is 1. The number of ether oxygens (including phenoxy) is 1. The van der Waals surface area contributed by atoms with Crippen molar-refractivity contribution in [2.24, 2.45) is 0 Å². The summed E-state index contributed by atoms with van der Waals surface area (Å²) in [5.74, 6) is -0.130. The first-order chi connectivity index (χ1) is 8.52. The van der Waals surface area contributed by atoms with Crippen molar-refractivity contribution in [1.29, 1.82) is 0 Å². The van der Waals surface area contributed by atoms with E-state index in [2.05, 4.69) is 48.7 Å². The third kappa shape index (κ3) is 4.88. The molecule has 0 atom stereocenters. The Morgan fingerprint density at radius 2 is 2.06 bits per heavy atom. The molecule has 0 radical (unpaired) electrons. The highest BCUT2D eigenvalue weighted by Crippen LogP contribution is 2.12. The predicted molar refractivity (Wildman–Crippen MR) is 73.5 cm³/mol. The van der Waals surface area contributed by atoms with Crippen LogP contribution in [-0.4, -0.2) is 31.6 Å². The van der Waals surface area contributed by atoms with Crippen LogP contribution in [-0.2, 0) is 16.1 Å². The number of hydrogen-bond donors (Lipinski definition) is 0. The Balaban J connectivity index is 2.42. The Morgan fingerprint density at radius 3 is 2.72 bits per heavy atom. The molecule has 0 fully saturated rings. The van der Waals surface area contributed by atoms with Crippen LogP contribution < -0.4 is 0 Å². The first-order valence-electron chi connectivity index (χ1n) is 6.34. The van der Waals surface area contributed by atoms with Crippen LogP contribution in [0.2, 0.25) is 0 Å². The van der Waals surface area contributed by atoms with Crippen molar-refractivity contribution in [2.45, 2.75) is 33.2 Å². The molecule has 0 saturated carbocycles. The van der Waals surface area contributed by atoms with Crippen LogP contribution in [0.25, 0.3) is 0 Å². The molecule has 1 rings (SSSR count). The van der Waals surface area contributed by atoms with Gasteiger partial charge in [0.2, 0.25) is 0 Å². The van der Waals surface area contributed by atoms with Gasteiger partial charge in [0.05, 0.1) is 7.11 Å². The Kier molecular flexibility index (Phi) is 5.86. The summed E-state index contributed by atoms with van der Waals surface area (Å²) in [4.78, 5) is 13.3. The minimum atomic E-state index is -0.130. The van der Waals surface area contributed by atoms with Crippen molar-refractivity contribution in [3.63, 3.8) is 0 Å². The van der Waals surface area contributed by atoms with E-state index in [1.54, 1.807) is 0 Å². The topological polar surface area (TPSA) is 29.5 Å². The smallest absolute Gasteiger partial charge is 0.305 e. The molecule has 1 aromatic rings. The van der Waals surface area contributed by atoms with E-state index in [4.69, 9.17) is 0 Å². The first-order valence-corrected chi connectivity index (χ1v) is 6.34. The summed E-state index contributed by atoms with van der Waals surface area (Å²) in [6.07, 6.45) is 1.33. The number of methoxy groups -OCH3 is 1. The number of carbonyl (C=O) groups is 1. The standard InChI is InChI=1S/C15H23NO2/c1-12-7-8-13(2)14(10-12)11-16(3)9-5-6-15(17)18-4/h7-8,10H,5-6,9,11H2,1-4H3. The van der Waals surface area contributed by atoms with Crippen molar-refractivity contribution < 1.29 is 9.53 Å². The van der Waals surface area contributed by atoms with Gasteiger partial charge in [0.1, 0.15) is 0 Å². The highest BCUT2D eigenvalue weighted by Gasteiger charge is 2.05. The molecule has 18 heavy (non-hydrogen) atoms. The summed E-state index contributed by atoms with van der Waals surface area (Å²) in [7, 11) is 3.52. The van der Waals surface area contributed by atoms with Crippen molar-refractivity contribution in [1.82, 2.24) is 4.90 Å². The maximum absolute atomic E-state index is 11.0. The lowest BCUT2D eigenvalue weighted by Gasteiger charge is -2.18. The number of esters is 1. The van der Waals surface area contributed by atoms with E-state index in [9.17, 15) is 4.79 Å². The summed E-state index contributed by atoms with van der Waals surface area (Å²) in [6, 6.07) is 6.52. The zero-order valence-corrected chi connectivity index (χ0v) is 11.8. The van der Waals surface area contributed by atoms with Gasteiger partial charge in [-0.05, 0) is 45.0 Å². The quantitative estimate of drug-likeness (QED) is 0.726. The van der Waals surface area contributed by atoms with Gasteiger partial charge in [0.25, 0.3) is 0 Å². The van der Waals surface area contributed by atoms with E-state index in [0.717, 1.165) is 19.5 Å². The highest BCUT2D eigenvalue weighted by molar-refractivity contribution is 5.69. The van der Waals surface area contributed by atoms with Crippen LogP contribution in [0.5, 0.6) is 0 Å². The molecule has 100 valence electrons. The van der Waals surface area contributed by atoms with Crippen molar-refractivity contribution >= 4 is 5.97 Å². The molecule has 0 N–H and O–H groups in total. The van der Waals surface area contributed by atoms with Crippen LogP contribution in [0.4, 0.5) is 0 Å². The lowest BCUT2D eigenvalue weighted by atomic mass is 10.1. The van der Waals surface area contributed by atoms with Crippen LogP contribution in [0.1, 0.15) is 29.5 Å². The van der Waals surface area contributed by atoms with Gasteiger partial charge in [-0.25, -0.2) is 0 Å². The third-order valence-electron chi connectivity index (χ3n) is 3.09. The summed E-state index contributed by atoms with van der Waals surface area (Å²) >= 11 is 0. The molecule has 0 aliphatic heterocycles. The molecule has 0 unspecified atom stereocenters. The molecular weight excluding hydrogens is 226 g/mol. The summed E-state index contributed by atoms with van der Waals surface area (Å²) in [5.41, 5.74) is 3.97. The first kappa shape index (κ1) is 14.7. The number of benzene rings is 1. The van der Waals surface area contributed by atoms with Gasteiger partial charge in [0, 0.05) is 13.0 Å². The largest absolute Gasteiger partial charge is 0.469 e. The summed E-state index contributed by atoms with van der Waals surface area (Å²) in [5, 5.41) is 0. The fraction of sp³-hybridized carbons (Fsp3) is 0.533. The number of hydrogen-bond acceptors (Lipinski definition) is 3. The fourth-order valence-corrected chi connectivity index (χ4v) is 1.94. The van der Waals surface area contributed by atoms with E-state index in [1.165, 1.54) is 23.8 Å². The van der Waals surface area contributed by atoms with Gasteiger partial charge in [-0.1, -0.05) is 23.8 Å². The van der Waals surface area contributed by atoms with E-state index in [0.29, 0.717) is 6.42 Å². The minimum absolute atomic E-state index is 0.130.